The van der Waals surface area contributed by atoms with Gasteiger partial charge >= 0.3 is 0 Å². The molecule has 0 radical (unpaired) electrons. The minimum absolute atomic E-state index is 0.119. The molecular formula is C23H33ClN2O3Si. The number of hydrogen-bond acceptors (Lipinski definition) is 4. The number of amides is 1. The fraction of sp³-hybridized carbons (Fsp3) is 0.565. The normalized spacial score (nSPS) is 14.9. The number of anilines is 1. The standard InChI is InChI=1S/C23H33ClN2O3Si/c1-8-25(9-2)12-13-26-18-15-16(14-17(24)20(18)21(27)22(26)28)10-11-19(23(3,4)5)29-30(6)7/h14-15,19,30H,8-9,12-13H2,1-7H3. The van der Waals surface area contributed by atoms with Crippen molar-refractivity contribution in [2.75, 3.05) is 31.1 Å². The van der Waals surface area contributed by atoms with Crippen molar-refractivity contribution in [3.63, 3.8) is 0 Å². The van der Waals surface area contributed by atoms with E-state index in [4.69, 9.17) is 16.0 Å². The summed E-state index contributed by atoms with van der Waals surface area (Å²) in [6.45, 7) is 17.6. The molecule has 0 N–H and O–H groups in total. The minimum atomic E-state index is -1.26. The van der Waals surface area contributed by atoms with Gasteiger partial charge in [-0.2, -0.15) is 0 Å². The third-order valence-corrected chi connectivity index (χ3v) is 6.22. The van der Waals surface area contributed by atoms with Crippen LogP contribution in [0.2, 0.25) is 18.1 Å². The molecule has 1 aromatic carbocycles. The smallest absolute Gasteiger partial charge is 0.299 e. The molecule has 1 aromatic rings. The Kier molecular flexibility index (Phi) is 8.29. The van der Waals surface area contributed by atoms with Crippen LogP contribution in [-0.4, -0.2) is 57.9 Å². The molecule has 0 fully saturated rings. The van der Waals surface area contributed by atoms with E-state index in [1.54, 1.807) is 12.1 Å². The highest BCUT2D eigenvalue weighted by Crippen LogP contribution is 2.35. The van der Waals surface area contributed by atoms with Crippen LogP contribution in [0.25, 0.3) is 0 Å². The summed E-state index contributed by atoms with van der Waals surface area (Å²) in [6, 6.07) is 3.46. The van der Waals surface area contributed by atoms with E-state index in [2.05, 4.69) is 64.5 Å². The summed E-state index contributed by atoms with van der Waals surface area (Å²) in [5.74, 6) is 5.34. The average Bonchev–Trinajstić information content (AvgIpc) is 2.89. The molecular weight excluding hydrogens is 416 g/mol. The van der Waals surface area contributed by atoms with Crippen LogP contribution >= 0.6 is 11.6 Å². The van der Waals surface area contributed by atoms with Crippen LogP contribution < -0.4 is 4.90 Å². The van der Waals surface area contributed by atoms with Gasteiger partial charge in [0.2, 0.25) is 0 Å². The molecule has 7 heteroatoms. The van der Waals surface area contributed by atoms with Crippen molar-refractivity contribution < 1.29 is 14.0 Å². The molecule has 0 aromatic heterocycles. The Morgan fingerprint density at radius 2 is 1.83 bits per heavy atom. The molecule has 0 saturated heterocycles. The molecule has 164 valence electrons. The Labute approximate surface area is 187 Å². The lowest BCUT2D eigenvalue weighted by atomic mass is 9.89. The van der Waals surface area contributed by atoms with Gasteiger partial charge in [-0.05, 0) is 43.7 Å². The highest BCUT2D eigenvalue weighted by atomic mass is 35.5. The fourth-order valence-corrected chi connectivity index (χ4v) is 4.64. The van der Waals surface area contributed by atoms with Crippen LogP contribution in [0, 0.1) is 17.3 Å². The first-order chi connectivity index (χ1) is 14.0. The first-order valence-corrected chi connectivity index (χ1v) is 13.7. The minimum Gasteiger partial charge on any atom is -0.406 e. The van der Waals surface area contributed by atoms with Gasteiger partial charge in [-0.1, -0.05) is 58.1 Å². The van der Waals surface area contributed by atoms with Crippen molar-refractivity contribution in [3.8, 4) is 11.8 Å². The summed E-state index contributed by atoms with van der Waals surface area (Å²) in [5, 5.41) is 0.270. The van der Waals surface area contributed by atoms with Gasteiger partial charge in [-0.3, -0.25) is 9.59 Å². The lowest BCUT2D eigenvalue weighted by molar-refractivity contribution is -0.114. The van der Waals surface area contributed by atoms with Crippen LogP contribution in [0.1, 0.15) is 50.5 Å². The highest BCUT2D eigenvalue weighted by Gasteiger charge is 2.38. The molecule has 30 heavy (non-hydrogen) atoms. The monoisotopic (exact) mass is 448 g/mol. The van der Waals surface area contributed by atoms with Crippen molar-refractivity contribution >= 4 is 38.0 Å². The van der Waals surface area contributed by atoms with Crippen molar-refractivity contribution in [2.24, 2.45) is 5.41 Å². The number of Topliss-reactive ketones (excluding diaryl/α,β-unsaturated/α-hetero) is 1. The van der Waals surface area contributed by atoms with Crippen LogP contribution in [0.5, 0.6) is 0 Å². The van der Waals surface area contributed by atoms with Gasteiger partial charge in [0.1, 0.15) is 6.10 Å². The molecule has 1 heterocycles. The molecule has 5 nitrogen and oxygen atoms in total. The van der Waals surface area contributed by atoms with E-state index < -0.39 is 20.7 Å². The Hall–Kier alpha value is -1.65. The zero-order chi connectivity index (χ0) is 22.6. The Bertz CT molecular complexity index is 864. The second-order valence-electron chi connectivity index (χ2n) is 8.87. The van der Waals surface area contributed by atoms with Crippen LogP contribution in [0.15, 0.2) is 12.1 Å². The van der Waals surface area contributed by atoms with Crippen LogP contribution in [0.3, 0.4) is 0 Å². The molecule has 2 rings (SSSR count). The molecule has 1 amide bonds. The van der Waals surface area contributed by atoms with E-state index >= 15 is 0 Å². The van der Waals surface area contributed by atoms with Crippen molar-refractivity contribution in [2.45, 2.75) is 53.8 Å². The van der Waals surface area contributed by atoms with E-state index in [0.717, 1.165) is 13.1 Å². The Balaban J connectivity index is 2.38. The predicted octanol–water partition coefficient (Wildman–Crippen LogP) is 3.98. The van der Waals surface area contributed by atoms with E-state index in [0.29, 0.717) is 24.3 Å². The van der Waals surface area contributed by atoms with Gasteiger partial charge in [-0.15, -0.1) is 0 Å². The lowest BCUT2D eigenvalue weighted by Crippen LogP contribution is -2.38. The maximum absolute atomic E-state index is 12.6. The number of ketones is 1. The predicted molar refractivity (Wildman–Crippen MR) is 126 cm³/mol. The van der Waals surface area contributed by atoms with Gasteiger partial charge in [0, 0.05) is 18.7 Å². The molecule has 0 saturated carbocycles. The second-order valence-corrected chi connectivity index (χ2v) is 11.6. The van der Waals surface area contributed by atoms with E-state index in [-0.39, 0.29) is 22.1 Å². The summed E-state index contributed by atoms with van der Waals surface area (Å²) >= 11 is 6.40. The van der Waals surface area contributed by atoms with Gasteiger partial charge in [0.15, 0.2) is 9.04 Å². The van der Waals surface area contributed by atoms with Gasteiger partial charge in [-0.25, -0.2) is 0 Å². The molecule has 0 bridgehead atoms. The van der Waals surface area contributed by atoms with Crippen LogP contribution in [-0.2, 0) is 9.22 Å². The lowest BCUT2D eigenvalue weighted by Gasteiger charge is -2.28. The maximum Gasteiger partial charge on any atom is 0.299 e. The second kappa shape index (κ2) is 10.1. The fourth-order valence-electron chi connectivity index (χ4n) is 3.32. The van der Waals surface area contributed by atoms with Crippen molar-refractivity contribution in [1.82, 2.24) is 4.90 Å². The summed E-state index contributed by atoms with van der Waals surface area (Å²) in [4.78, 5) is 28.8. The first-order valence-electron chi connectivity index (χ1n) is 10.6. The summed E-state index contributed by atoms with van der Waals surface area (Å²) < 4.78 is 6.11. The average molecular weight is 449 g/mol. The number of rotatable bonds is 7. The van der Waals surface area contributed by atoms with Gasteiger partial charge < -0.3 is 14.2 Å². The molecule has 1 atom stereocenters. The third kappa shape index (κ3) is 5.73. The SMILES string of the molecule is CCN(CC)CCN1C(=O)C(=O)c2c(Cl)cc(C#CC(O[SiH](C)C)C(C)(C)C)cc21. The molecule has 1 unspecified atom stereocenters. The van der Waals surface area contributed by atoms with E-state index in [1.807, 2.05) is 0 Å². The number of carbonyl (C=O) groups is 2. The van der Waals surface area contributed by atoms with Crippen LogP contribution in [0.4, 0.5) is 5.69 Å². The third-order valence-electron chi connectivity index (χ3n) is 5.10. The summed E-state index contributed by atoms with van der Waals surface area (Å²) in [6.07, 6.45) is -0.196. The number of benzene rings is 1. The number of hydrogen-bond donors (Lipinski definition) is 0. The Morgan fingerprint density at radius 1 is 1.20 bits per heavy atom. The number of halogens is 1. The zero-order valence-corrected chi connectivity index (χ0v) is 21.0. The zero-order valence-electron chi connectivity index (χ0n) is 19.1. The molecule has 1 aliphatic heterocycles. The number of fused-ring (bicyclic) bond motifs is 1. The van der Waals surface area contributed by atoms with Crippen molar-refractivity contribution in [3.05, 3.63) is 28.3 Å². The van der Waals surface area contributed by atoms with Crippen molar-refractivity contribution in [1.29, 1.82) is 0 Å². The highest BCUT2D eigenvalue weighted by molar-refractivity contribution is 6.55. The number of nitrogens with zero attached hydrogens (tertiary/aromatic N) is 2. The summed E-state index contributed by atoms with van der Waals surface area (Å²) in [7, 11) is -1.26. The molecule has 0 spiro atoms. The topological polar surface area (TPSA) is 49.9 Å². The van der Waals surface area contributed by atoms with E-state index in [1.165, 1.54) is 4.90 Å². The Morgan fingerprint density at radius 3 is 2.37 bits per heavy atom. The van der Waals surface area contributed by atoms with Gasteiger partial charge in [0.05, 0.1) is 16.3 Å². The van der Waals surface area contributed by atoms with Gasteiger partial charge in [0.25, 0.3) is 11.7 Å². The quantitative estimate of drug-likeness (QED) is 0.359. The molecule has 0 aliphatic carbocycles. The molecule has 1 aliphatic rings. The number of likely N-dealkylation sites (N-methyl/N-ethyl adjacent to an activating group) is 1. The maximum atomic E-state index is 12.6. The summed E-state index contributed by atoms with van der Waals surface area (Å²) in [5.41, 5.74) is 1.40. The first kappa shape index (κ1) is 24.6. The van der Waals surface area contributed by atoms with E-state index in [9.17, 15) is 9.59 Å². The largest absolute Gasteiger partial charge is 0.406 e. The number of carbonyl (C=O) groups excluding carboxylic acids is 2.